The van der Waals surface area contributed by atoms with Crippen LogP contribution >= 0.6 is 0 Å². The highest BCUT2D eigenvalue weighted by Gasteiger charge is 2.23. The van der Waals surface area contributed by atoms with Crippen molar-refractivity contribution in [1.29, 1.82) is 0 Å². The lowest BCUT2D eigenvalue weighted by Gasteiger charge is -2.19. The fourth-order valence-electron chi connectivity index (χ4n) is 2.45. The lowest BCUT2D eigenvalue weighted by Crippen LogP contribution is -2.20. The molecule has 0 spiro atoms. The van der Waals surface area contributed by atoms with Crippen LogP contribution in [0, 0.1) is 11.8 Å². The number of hydrogen-bond donors (Lipinski definition) is 1. The SMILES string of the molecule is CC(=O)C1C=C(O)C=CC1C=CC(=O)OC/C=C(\C)CCC=C(C)C. The fourth-order valence-corrected chi connectivity index (χ4v) is 2.45. The first kappa shape index (κ1) is 20.7. The Morgan fingerprint density at radius 3 is 2.56 bits per heavy atom. The van der Waals surface area contributed by atoms with Crippen LogP contribution in [0.2, 0.25) is 0 Å². The Morgan fingerprint density at radius 1 is 1.20 bits per heavy atom. The number of ketones is 1. The molecule has 1 aliphatic carbocycles. The summed E-state index contributed by atoms with van der Waals surface area (Å²) in [6, 6.07) is 0. The normalized spacial score (nSPS) is 20.3. The van der Waals surface area contributed by atoms with Crippen molar-refractivity contribution in [3.8, 4) is 0 Å². The summed E-state index contributed by atoms with van der Waals surface area (Å²) in [4.78, 5) is 23.4. The van der Waals surface area contributed by atoms with Crippen LogP contribution in [0.25, 0.3) is 0 Å². The molecular weight excluding hydrogens is 316 g/mol. The second-order valence-electron chi connectivity index (χ2n) is 6.52. The molecule has 0 saturated carbocycles. The molecule has 136 valence electrons. The van der Waals surface area contributed by atoms with Gasteiger partial charge in [0.05, 0.1) is 0 Å². The van der Waals surface area contributed by atoms with Crippen molar-refractivity contribution in [2.45, 2.75) is 40.5 Å². The van der Waals surface area contributed by atoms with Gasteiger partial charge in [-0.25, -0.2) is 4.79 Å². The van der Waals surface area contributed by atoms with Gasteiger partial charge >= 0.3 is 5.97 Å². The first-order chi connectivity index (χ1) is 11.8. The Kier molecular flexibility index (Phi) is 8.68. The van der Waals surface area contributed by atoms with E-state index in [-0.39, 0.29) is 24.1 Å². The number of esters is 1. The van der Waals surface area contributed by atoms with E-state index >= 15 is 0 Å². The van der Waals surface area contributed by atoms with Crippen LogP contribution in [0.5, 0.6) is 0 Å². The zero-order valence-corrected chi connectivity index (χ0v) is 15.5. The number of aliphatic hydroxyl groups is 1. The Labute approximate surface area is 150 Å². The Bertz CT molecular complexity index is 628. The molecule has 0 aromatic carbocycles. The van der Waals surface area contributed by atoms with E-state index in [0.717, 1.165) is 12.8 Å². The van der Waals surface area contributed by atoms with Gasteiger partial charge in [0.15, 0.2) is 0 Å². The summed E-state index contributed by atoms with van der Waals surface area (Å²) >= 11 is 0. The predicted octanol–water partition coefficient (Wildman–Crippen LogP) is 4.61. The first-order valence-corrected chi connectivity index (χ1v) is 8.53. The maximum absolute atomic E-state index is 11.8. The van der Waals surface area contributed by atoms with Crippen molar-refractivity contribution >= 4 is 11.8 Å². The quantitative estimate of drug-likeness (QED) is 0.397. The summed E-state index contributed by atoms with van der Waals surface area (Å²) in [6.45, 7) is 7.87. The van der Waals surface area contributed by atoms with Crippen LogP contribution < -0.4 is 0 Å². The van der Waals surface area contributed by atoms with Gasteiger partial charge in [0.1, 0.15) is 18.1 Å². The standard InChI is InChI=1S/C21H28O4/c1-15(2)6-5-7-16(3)12-13-25-21(24)11-9-18-8-10-19(23)14-20(18)17(4)22/h6,8-12,14,18,20,23H,5,7,13H2,1-4H3/b11-9?,16-12+. The molecule has 0 amide bonds. The maximum Gasteiger partial charge on any atom is 0.330 e. The van der Waals surface area contributed by atoms with Crippen LogP contribution in [0.15, 0.2) is 59.4 Å². The highest BCUT2D eigenvalue weighted by atomic mass is 16.5. The van der Waals surface area contributed by atoms with E-state index in [0.29, 0.717) is 0 Å². The van der Waals surface area contributed by atoms with E-state index in [1.54, 1.807) is 12.2 Å². The van der Waals surface area contributed by atoms with Gasteiger partial charge in [-0.05, 0) is 58.8 Å². The monoisotopic (exact) mass is 344 g/mol. The van der Waals surface area contributed by atoms with Crippen molar-refractivity contribution in [3.63, 3.8) is 0 Å². The smallest absolute Gasteiger partial charge is 0.330 e. The number of Topliss-reactive ketones (excluding diaryl/α,β-unsaturated/α-hetero) is 1. The van der Waals surface area contributed by atoms with E-state index in [2.05, 4.69) is 19.9 Å². The van der Waals surface area contributed by atoms with Gasteiger partial charge in [0.25, 0.3) is 0 Å². The average molecular weight is 344 g/mol. The Hall–Kier alpha value is -2.36. The van der Waals surface area contributed by atoms with Crippen LogP contribution in [-0.4, -0.2) is 23.5 Å². The molecule has 1 aliphatic rings. The number of rotatable bonds is 8. The highest BCUT2D eigenvalue weighted by molar-refractivity contribution is 5.84. The molecular formula is C21H28O4. The largest absolute Gasteiger partial charge is 0.508 e. The Morgan fingerprint density at radius 2 is 1.92 bits per heavy atom. The second-order valence-corrected chi connectivity index (χ2v) is 6.52. The number of hydrogen-bond acceptors (Lipinski definition) is 4. The van der Waals surface area contributed by atoms with Gasteiger partial charge in [-0.3, -0.25) is 4.79 Å². The topological polar surface area (TPSA) is 63.6 Å². The van der Waals surface area contributed by atoms with Crippen molar-refractivity contribution in [1.82, 2.24) is 0 Å². The van der Waals surface area contributed by atoms with Gasteiger partial charge in [-0.15, -0.1) is 0 Å². The molecule has 0 aliphatic heterocycles. The minimum Gasteiger partial charge on any atom is -0.508 e. The second kappa shape index (κ2) is 10.5. The summed E-state index contributed by atoms with van der Waals surface area (Å²) < 4.78 is 5.16. The highest BCUT2D eigenvalue weighted by Crippen LogP contribution is 2.24. The van der Waals surface area contributed by atoms with Crippen LogP contribution in [0.4, 0.5) is 0 Å². The average Bonchev–Trinajstić information content (AvgIpc) is 2.53. The molecule has 0 aromatic heterocycles. The fraction of sp³-hybridized carbons (Fsp3) is 0.429. The van der Waals surface area contributed by atoms with Gasteiger partial charge in [0, 0.05) is 17.9 Å². The van der Waals surface area contributed by atoms with Gasteiger partial charge < -0.3 is 9.84 Å². The summed E-state index contributed by atoms with van der Waals surface area (Å²) in [6.07, 6.45) is 13.7. The lowest BCUT2D eigenvalue weighted by molar-refractivity contribution is -0.136. The van der Waals surface area contributed by atoms with Crippen LogP contribution in [-0.2, 0) is 14.3 Å². The zero-order valence-electron chi connectivity index (χ0n) is 15.5. The third-order valence-corrected chi connectivity index (χ3v) is 3.93. The summed E-state index contributed by atoms with van der Waals surface area (Å²) in [5.41, 5.74) is 2.48. The molecule has 2 atom stereocenters. The van der Waals surface area contributed by atoms with Crippen LogP contribution in [0.1, 0.15) is 40.5 Å². The van der Waals surface area contributed by atoms with E-state index < -0.39 is 11.9 Å². The number of aliphatic hydroxyl groups excluding tert-OH is 1. The molecule has 1 rings (SSSR count). The summed E-state index contributed by atoms with van der Waals surface area (Å²) in [5, 5.41) is 9.48. The summed E-state index contributed by atoms with van der Waals surface area (Å²) in [7, 11) is 0. The lowest BCUT2D eigenvalue weighted by atomic mass is 9.85. The zero-order chi connectivity index (χ0) is 18.8. The molecule has 2 unspecified atom stereocenters. The van der Waals surface area contributed by atoms with E-state index in [9.17, 15) is 14.7 Å². The predicted molar refractivity (Wildman–Crippen MR) is 100 cm³/mol. The number of ether oxygens (including phenoxy) is 1. The number of carbonyl (C=O) groups excluding carboxylic acids is 2. The van der Waals surface area contributed by atoms with E-state index in [1.807, 2.05) is 13.0 Å². The van der Waals surface area contributed by atoms with Crippen molar-refractivity contribution in [2.75, 3.05) is 6.61 Å². The molecule has 1 N–H and O–H groups in total. The number of carbonyl (C=O) groups is 2. The molecule has 0 aromatic rings. The molecule has 4 heteroatoms. The molecule has 0 saturated heterocycles. The first-order valence-electron chi connectivity index (χ1n) is 8.53. The number of allylic oxidation sites excluding steroid dienone is 7. The van der Waals surface area contributed by atoms with Crippen molar-refractivity contribution < 1.29 is 19.4 Å². The van der Waals surface area contributed by atoms with Gasteiger partial charge in [0.2, 0.25) is 0 Å². The molecule has 0 fully saturated rings. The third kappa shape index (κ3) is 8.34. The molecule has 0 heterocycles. The van der Waals surface area contributed by atoms with E-state index in [1.165, 1.54) is 36.3 Å². The molecule has 0 bridgehead atoms. The van der Waals surface area contributed by atoms with Crippen molar-refractivity contribution in [3.05, 3.63) is 59.4 Å². The Balaban J connectivity index is 2.46. The van der Waals surface area contributed by atoms with E-state index in [4.69, 9.17) is 4.74 Å². The van der Waals surface area contributed by atoms with Crippen LogP contribution in [0.3, 0.4) is 0 Å². The third-order valence-electron chi connectivity index (χ3n) is 3.93. The van der Waals surface area contributed by atoms with Gasteiger partial charge in [-0.2, -0.15) is 0 Å². The van der Waals surface area contributed by atoms with Crippen molar-refractivity contribution in [2.24, 2.45) is 11.8 Å². The maximum atomic E-state index is 11.8. The minimum atomic E-state index is -0.453. The molecule has 4 nitrogen and oxygen atoms in total. The minimum absolute atomic E-state index is 0.0613. The summed E-state index contributed by atoms with van der Waals surface area (Å²) in [5.74, 6) is -1.13. The molecule has 0 radical (unpaired) electrons. The molecule has 25 heavy (non-hydrogen) atoms. The van der Waals surface area contributed by atoms with Gasteiger partial charge in [-0.1, -0.05) is 29.4 Å².